The van der Waals surface area contributed by atoms with E-state index in [1.54, 1.807) is 0 Å². The molecule has 1 aromatic carbocycles. The molecular formula is C15H14N4O. The Bertz CT molecular complexity index is 746. The van der Waals surface area contributed by atoms with E-state index in [1.807, 2.05) is 30.5 Å². The Kier molecular flexibility index (Phi) is 2.70. The van der Waals surface area contributed by atoms with Gasteiger partial charge >= 0.3 is 0 Å². The summed E-state index contributed by atoms with van der Waals surface area (Å²) in [5, 5.41) is 3.35. The first-order chi connectivity index (χ1) is 9.90. The van der Waals surface area contributed by atoms with Crippen molar-refractivity contribution < 1.29 is 4.42 Å². The fourth-order valence-corrected chi connectivity index (χ4v) is 2.62. The molecule has 0 amide bonds. The Balaban J connectivity index is 1.75. The van der Waals surface area contributed by atoms with Crippen molar-refractivity contribution in [2.24, 2.45) is 0 Å². The van der Waals surface area contributed by atoms with Gasteiger partial charge in [0.2, 0.25) is 0 Å². The first-order valence-electron chi connectivity index (χ1n) is 6.77. The van der Waals surface area contributed by atoms with Crippen LogP contribution in [0.3, 0.4) is 0 Å². The first-order valence-corrected chi connectivity index (χ1v) is 6.77. The molecule has 3 aromatic rings. The number of nitrogens with one attached hydrogen (secondary N) is 1. The lowest BCUT2D eigenvalue weighted by Crippen LogP contribution is -2.10. The van der Waals surface area contributed by atoms with Crippen LogP contribution in [0.25, 0.3) is 22.4 Å². The SMILES string of the molecule is c1cc(-c2ccc3ncoc3c2)nc(C2CCNC2)n1. The average Bonchev–Trinajstić information content (AvgIpc) is 3.18. The molecule has 0 aliphatic carbocycles. The number of oxazole rings is 1. The first kappa shape index (κ1) is 11.5. The standard InChI is InChI=1S/C15H14N4O/c1-2-13-14(20-9-18-13)7-10(1)12-4-6-17-15(19-12)11-3-5-16-8-11/h1-2,4,6-7,9,11,16H,3,5,8H2. The molecule has 0 radical (unpaired) electrons. The molecular weight excluding hydrogens is 252 g/mol. The van der Waals surface area contributed by atoms with Crippen molar-refractivity contribution in [1.29, 1.82) is 0 Å². The van der Waals surface area contributed by atoms with Gasteiger partial charge < -0.3 is 9.73 Å². The van der Waals surface area contributed by atoms with E-state index in [2.05, 4.69) is 15.3 Å². The minimum absolute atomic E-state index is 0.420. The lowest BCUT2D eigenvalue weighted by Gasteiger charge is -2.08. The van der Waals surface area contributed by atoms with Gasteiger partial charge in [-0.2, -0.15) is 0 Å². The summed E-state index contributed by atoms with van der Waals surface area (Å²) in [6, 6.07) is 7.88. The van der Waals surface area contributed by atoms with E-state index >= 15 is 0 Å². The topological polar surface area (TPSA) is 63.8 Å². The summed E-state index contributed by atoms with van der Waals surface area (Å²) in [7, 11) is 0. The van der Waals surface area contributed by atoms with Gasteiger partial charge in [0.15, 0.2) is 12.0 Å². The molecule has 5 heteroatoms. The fraction of sp³-hybridized carbons (Fsp3) is 0.267. The zero-order chi connectivity index (χ0) is 13.4. The summed E-state index contributed by atoms with van der Waals surface area (Å²) >= 11 is 0. The van der Waals surface area contributed by atoms with E-state index in [4.69, 9.17) is 9.40 Å². The van der Waals surface area contributed by atoms with Gasteiger partial charge in [0.25, 0.3) is 0 Å². The third-order valence-electron chi connectivity index (χ3n) is 3.73. The van der Waals surface area contributed by atoms with Crippen molar-refractivity contribution in [1.82, 2.24) is 20.3 Å². The quantitative estimate of drug-likeness (QED) is 0.771. The second-order valence-electron chi connectivity index (χ2n) is 5.02. The minimum atomic E-state index is 0.420. The van der Waals surface area contributed by atoms with Crippen LogP contribution in [0.2, 0.25) is 0 Å². The molecule has 1 N–H and O–H groups in total. The van der Waals surface area contributed by atoms with E-state index in [-0.39, 0.29) is 0 Å². The van der Waals surface area contributed by atoms with Crippen molar-refractivity contribution in [2.45, 2.75) is 12.3 Å². The van der Waals surface area contributed by atoms with Crippen molar-refractivity contribution in [3.8, 4) is 11.3 Å². The van der Waals surface area contributed by atoms with E-state index < -0.39 is 0 Å². The van der Waals surface area contributed by atoms with E-state index in [0.29, 0.717) is 5.92 Å². The number of aromatic nitrogens is 3. The molecule has 1 fully saturated rings. The van der Waals surface area contributed by atoms with Crippen LogP contribution in [0.5, 0.6) is 0 Å². The number of hydrogen-bond donors (Lipinski definition) is 1. The second kappa shape index (κ2) is 4.68. The molecule has 0 spiro atoms. The molecule has 4 rings (SSSR count). The van der Waals surface area contributed by atoms with Gasteiger partial charge in [0.05, 0.1) is 5.69 Å². The highest BCUT2D eigenvalue weighted by Crippen LogP contribution is 2.25. The Morgan fingerprint density at radius 2 is 2.20 bits per heavy atom. The van der Waals surface area contributed by atoms with Crippen molar-refractivity contribution in [2.75, 3.05) is 13.1 Å². The van der Waals surface area contributed by atoms with E-state index in [1.165, 1.54) is 6.39 Å². The zero-order valence-electron chi connectivity index (χ0n) is 10.9. The molecule has 1 aliphatic heterocycles. The molecule has 1 atom stereocenters. The smallest absolute Gasteiger partial charge is 0.181 e. The maximum atomic E-state index is 5.35. The third-order valence-corrected chi connectivity index (χ3v) is 3.73. The summed E-state index contributed by atoms with van der Waals surface area (Å²) in [6.07, 6.45) is 4.40. The normalized spacial score (nSPS) is 18.7. The molecule has 100 valence electrons. The third kappa shape index (κ3) is 1.96. The highest BCUT2D eigenvalue weighted by Gasteiger charge is 2.19. The van der Waals surface area contributed by atoms with Crippen LogP contribution >= 0.6 is 0 Å². The summed E-state index contributed by atoms with van der Waals surface area (Å²) in [6.45, 7) is 2.01. The maximum Gasteiger partial charge on any atom is 0.181 e. The highest BCUT2D eigenvalue weighted by atomic mass is 16.3. The fourth-order valence-electron chi connectivity index (χ4n) is 2.62. The predicted molar refractivity (Wildman–Crippen MR) is 75.3 cm³/mol. The molecule has 20 heavy (non-hydrogen) atoms. The monoisotopic (exact) mass is 266 g/mol. The number of fused-ring (bicyclic) bond motifs is 1. The molecule has 0 saturated carbocycles. The molecule has 2 aromatic heterocycles. The predicted octanol–water partition coefficient (Wildman–Crippen LogP) is 2.36. The Labute approximate surface area is 116 Å². The van der Waals surface area contributed by atoms with Crippen LogP contribution in [-0.2, 0) is 0 Å². The van der Waals surface area contributed by atoms with Crippen molar-refractivity contribution >= 4 is 11.1 Å². The summed E-state index contributed by atoms with van der Waals surface area (Å²) in [4.78, 5) is 13.2. The largest absolute Gasteiger partial charge is 0.443 e. The Morgan fingerprint density at radius 1 is 1.20 bits per heavy atom. The highest BCUT2D eigenvalue weighted by molar-refractivity contribution is 5.78. The molecule has 3 heterocycles. The molecule has 1 aliphatic rings. The molecule has 0 bridgehead atoms. The molecule has 1 saturated heterocycles. The van der Waals surface area contributed by atoms with Gasteiger partial charge in [-0.15, -0.1) is 0 Å². The lowest BCUT2D eigenvalue weighted by molar-refractivity contribution is 0.602. The van der Waals surface area contributed by atoms with Crippen LogP contribution in [0.15, 0.2) is 41.3 Å². The van der Waals surface area contributed by atoms with Crippen LogP contribution < -0.4 is 5.32 Å². The van der Waals surface area contributed by atoms with Gasteiger partial charge in [-0.25, -0.2) is 15.0 Å². The Morgan fingerprint density at radius 3 is 3.10 bits per heavy atom. The number of nitrogens with zero attached hydrogens (tertiary/aromatic N) is 3. The molecule has 1 unspecified atom stereocenters. The van der Waals surface area contributed by atoms with Gasteiger partial charge in [-0.1, -0.05) is 6.07 Å². The summed E-state index contributed by atoms with van der Waals surface area (Å²) in [5.41, 5.74) is 3.61. The van der Waals surface area contributed by atoms with Crippen molar-refractivity contribution in [3.05, 3.63) is 42.7 Å². The van der Waals surface area contributed by atoms with Crippen LogP contribution in [0.1, 0.15) is 18.2 Å². The van der Waals surface area contributed by atoms with Crippen LogP contribution in [-0.4, -0.2) is 28.0 Å². The average molecular weight is 266 g/mol. The minimum Gasteiger partial charge on any atom is -0.443 e. The van der Waals surface area contributed by atoms with E-state index in [9.17, 15) is 0 Å². The van der Waals surface area contributed by atoms with Gasteiger partial charge in [-0.3, -0.25) is 0 Å². The lowest BCUT2D eigenvalue weighted by atomic mass is 10.1. The van der Waals surface area contributed by atoms with Crippen molar-refractivity contribution in [3.63, 3.8) is 0 Å². The van der Waals surface area contributed by atoms with Crippen LogP contribution in [0.4, 0.5) is 0 Å². The molecule has 5 nitrogen and oxygen atoms in total. The van der Waals surface area contributed by atoms with Gasteiger partial charge in [0.1, 0.15) is 11.3 Å². The second-order valence-corrected chi connectivity index (χ2v) is 5.02. The maximum absolute atomic E-state index is 5.35. The number of hydrogen-bond acceptors (Lipinski definition) is 5. The van der Waals surface area contributed by atoms with E-state index in [0.717, 1.165) is 47.7 Å². The van der Waals surface area contributed by atoms with Crippen LogP contribution in [0, 0.1) is 0 Å². The number of benzene rings is 1. The number of rotatable bonds is 2. The van der Waals surface area contributed by atoms with Gasteiger partial charge in [-0.05, 0) is 31.2 Å². The summed E-state index contributed by atoms with van der Waals surface area (Å²) in [5.74, 6) is 1.34. The zero-order valence-corrected chi connectivity index (χ0v) is 10.9. The Hall–Kier alpha value is -2.27. The van der Waals surface area contributed by atoms with Gasteiger partial charge in [0, 0.05) is 24.2 Å². The summed E-state index contributed by atoms with van der Waals surface area (Å²) < 4.78 is 5.35.